The summed E-state index contributed by atoms with van der Waals surface area (Å²) in [6.07, 6.45) is 7.66. The first-order valence-corrected chi connectivity index (χ1v) is 14.9. The summed E-state index contributed by atoms with van der Waals surface area (Å²) in [6, 6.07) is 9.52. The minimum absolute atomic E-state index is 0.152. The molecule has 1 aromatic carbocycles. The lowest BCUT2D eigenvalue weighted by molar-refractivity contribution is -0.125. The van der Waals surface area contributed by atoms with Crippen molar-refractivity contribution in [1.29, 1.82) is 0 Å². The quantitative estimate of drug-likeness (QED) is 0.270. The summed E-state index contributed by atoms with van der Waals surface area (Å²) >= 11 is 7.32. The first-order valence-electron chi connectivity index (χ1n) is 13.3. The van der Waals surface area contributed by atoms with E-state index >= 15 is 0 Å². The number of carbonyl (C=O) groups is 2. The van der Waals surface area contributed by atoms with Crippen molar-refractivity contribution in [2.75, 3.05) is 24.7 Å². The molecule has 0 radical (unpaired) electrons. The van der Waals surface area contributed by atoms with Gasteiger partial charge in [-0.05, 0) is 38.2 Å². The van der Waals surface area contributed by atoms with Crippen molar-refractivity contribution in [2.24, 2.45) is 5.92 Å². The van der Waals surface area contributed by atoms with Crippen LogP contribution in [-0.2, 0) is 16.1 Å². The van der Waals surface area contributed by atoms with Crippen molar-refractivity contribution < 1.29 is 14.3 Å². The molecule has 2 fully saturated rings. The summed E-state index contributed by atoms with van der Waals surface area (Å²) in [6.45, 7) is 5.89. The molecule has 7 nitrogen and oxygen atoms in total. The Morgan fingerprint density at radius 3 is 2.61 bits per heavy atom. The van der Waals surface area contributed by atoms with Gasteiger partial charge in [-0.3, -0.25) is 9.69 Å². The van der Waals surface area contributed by atoms with Crippen LogP contribution >= 0.6 is 24.0 Å². The van der Waals surface area contributed by atoms with E-state index in [4.69, 9.17) is 17.0 Å². The van der Waals surface area contributed by atoms with Crippen LogP contribution in [0.25, 0.3) is 0 Å². The van der Waals surface area contributed by atoms with Crippen molar-refractivity contribution in [3.05, 3.63) is 35.9 Å². The van der Waals surface area contributed by atoms with Gasteiger partial charge in [-0.25, -0.2) is 4.79 Å². The molecule has 0 spiro atoms. The van der Waals surface area contributed by atoms with Gasteiger partial charge in [0.1, 0.15) is 6.04 Å². The Bertz CT molecular complexity index is 834. The van der Waals surface area contributed by atoms with Gasteiger partial charge in [0.25, 0.3) is 0 Å². The largest absolute Gasteiger partial charge is 0.447 e. The van der Waals surface area contributed by atoms with E-state index in [9.17, 15) is 9.59 Å². The van der Waals surface area contributed by atoms with Crippen LogP contribution in [-0.4, -0.2) is 64.8 Å². The summed E-state index contributed by atoms with van der Waals surface area (Å²) in [4.78, 5) is 28.0. The van der Waals surface area contributed by atoms with Gasteiger partial charge in [-0.15, -0.1) is 11.8 Å². The minimum atomic E-state index is -0.534. The van der Waals surface area contributed by atoms with Crippen LogP contribution in [0, 0.1) is 5.92 Å². The molecule has 2 aliphatic rings. The summed E-state index contributed by atoms with van der Waals surface area (Å²) < 4.78 is 5.35. The monoisotopic (exact) mass is 534 g/mol. The highest BCUT2D eigenvalue weighted by Crippen LogP contribution is 2.28. The van der Waals surface area contributed by atoms with Gasteiger partial charge in [-0.1, -0.05) is 74.7 Å². The standard InChI is InChI=1S/C27H42N4O3S2/c1-20(2)34-27(33)31-19-36-18-24(31)25(32)30-23(14-13-21-9-5-3-6-10-21)26(35)29-16-15-28-17-22-11-7-4-8-12-22/h4,7-8,11-12,20-21,23-24,28H,3,5-6,9-10,13-19H2,1-2H3,(H,29,35)(H,30,32)/t23-,24+/m1/s1. The molecule has 200 valence electrons. The van der Waals surface area contributed by atoms with Gasteiger partial charge < -0.3 is 20.7 Å². The average Bonchev–Trinajstić information content (AvgIpc) is 3.37. The molecule has 2 amide bonds. The molecule has 1 saturated heterocycles. The Kier molecular flexibility index (Phi) is 12.3. The van der Waals surface area contributed by atoms with Gasteiger partial charge in [0.05, 0.1) is 23.0 Å². The SMILES string of the molecule is CC(C)OC(=O)N1CSC[C@H]1C(=O)N[C@H](CCC1CCCCC1)C(=S)NCCNCc1ccccc1. The van der Waals surface area contributed by atoms with Crippen molar-refractivity contribution in [3.8, 4) is 0 Å². The molecule has 1 saturated carbocycles. The zero-order valence-electron chi connectivity index (χ0n) is 21.7. The number of nitrogens with zero attached hydrogens (tertiary/aromatic N) is 1. The second kappa shape index (κ2) is 15.4. The maximum atomic E-state index is 13.3. The van der Waals surface area contributed by atoms with E-state index in [1.54, 1.807) is 11.8 Å². The molecule has 9 heteroatoms. The topological polar surface area (TPSA) is 82.7 Å². The molecular weight excluding hydrogens is 492 g/mol. The highest BCUT2D eigenvalue weighted by Gasteiger charge is 2.37. The van der Waals surface area contributed by atoms with E-state index in [2.05, 4.69) is 28.1 Å². The van der Waals surface area contributed by atoms with Crippen LogP contribution in [0.1, 0.15) is 64.4 Å². The van der Waals surface area contributed by atoms with E-state index in [-0.39, 0.29) is 18.1 Å². The number of hydrogen-bond acceptors (Lipinski definition) is 6. The van der Waals surface area contributed by atoms with Crippen molar-refractivity contribution in [1.82, 2.24) is 20.9 Å². The molecule has 1 aliphatic carbocycles. The molecule has 0 unspecified atom stereocenters. The molecule has 1 aromatic rings. The number of hydrogen-bond donors (Lipinski definition) is 3. The number of ether oxygens (including phenoxy) is 1. The van der Waals surface area contributed by atoms with Gasteiger partial charge in [0.15, 0.2) is 0 Å². The lowest BCUT2D eigenvalue weighted by Gasteiger charge is -2.28. The summed E-state index contributed by atoms with van der Waals surface area (Å²) in [5.41, 5.74) is 1.24. The summed E-state index contributed by atoms with van der Waals surface area (Å²) in [5, 5.41) is 9.96. The third-order valence-electron chi connectivity index (χ3n) is 6.75. The second-order valence-electron chi connectivity index (χ2n) is 10.0. The van der Waals surface area contributed by atoms with Crippen molar-refractivity contribution in [3.63, 3.8) is 0 Å². The van der Waals surface area contributed by atoms with E-state index in [0.717, 1.165) is 25.9 Å². The molecule has 3 N–H and O–H groups in total. The number of benzene rings is 1. The van der Waals surface area contributed by atoms with Gasteiger partial charge in [0, 0.05) is 25.4 Å². The Morgan fingerprint density at radius 2 is 1.89 bits per heavy atom. The van der Waals surface area contributed by atoms with Crippen LogP contribution in [0.15, 0.2) is 30.3 Å². The van der Waals surface area contributed by atoms with Crippen LogP contribution in [0.3, 0.4) is 0 Å². The maximum Gasteiger partial charge on any atom is 0.411 e. The van der Waals surface area contributed by atoms with Crippen LogP contribution in [0.2, 0.25) is 0 Å². The summed E-state index contributed by atoms with van der Waals surface area (Å²) in [7, 11) is 0. The minimum Gasteiger partial charge on any atom is -0.447 e. The van der Waals surface area contributed by atoms with Crippen molar-refractivity contribution in [2.45, 2.75) is 83.5 Å². The average molecular weight is 535 g/mol. The van der Waals surface area contributed by atoms with E-state index < -0.39 is 12.1 Å². The smallest absolute Gasteiger partial charge is 0.411 e. The predicted molar refractivity (Wildman–Crippen MR) is 151 cm³/mol. The molecule has 0 aromatic heterocycles. The van der Waals surface area contributed by atoms with Crippen LogP contribution < -0.4 is 16.0 Å². The number of nitrogens with one attached hydrogen (secondary N) is 3. The number of rotatable bonds is 12. The van der Waals surface area contributed by atoms with Crippen LogP contribution in [0.4, 0.5) is 4.79 Å². The number of thiocarbonyl (C=S) groups is 1. The fourth-order valence-electron chi connectivity index (χ4n) is 4.75. The zero-order chi connectivity index (χ0) is 25.8. The lowest BCUT2D eigenvalue weighted by atomic mass is 9.85. The molecule has 2 atom stereocenters. The molecule has 36 heavy (non-hydrogen) atoms. The first-order chi connectivity index (χ1) is 17.4. The van der Waals surface area contributed by atoms with E-state index in [1.165, 1.54) is 42.6 Å². The first kappa shape index (κ1) is 28.7. The number of thioether (sulfide) groups is 1. The fraction of sp³-hybridized carbons (Fsp3) is 0.667. The highest BCUT2D eigenvalue weighted by molar-refractivity contribution is 7.99. The number of amides is 2. The second-order valence-corrected chi connectivity index (χ2v) is 11.5. The molecule has 0 bridgehead atoms. The Hall–Kier alpha value is -1.84. The Balaban J connectivity index is 1.52. The molecule has 3 rings (SSSR count). The van der Waals surface area contributed by atoms with E-state index in [1.807, 2.05) is 32.0 Å². The molecule has 1 heterocycles. The fourth-order valence-corrected chi connectivity index (χ4v) is 6.17. The third kappa shape index (κ3) is 9.56. The summed E-state index contributed by atoms with van der Waals surface area (Å²) in [5.74, 6) is 1.58. The normalized spacial score (nSPS) is 19.2. The van der Waals surface area contributed by atoms with Crippen LogP contribution in [0.5, 0.6) is 0 Å². The Labute approximate surface area is 225 Å². The third-order valence-corrected chi connectivity index (χ3v) is 8.19. The molecular formula is C27H42N4O3S2. The molecule has 1 aliphatic heterocycles. The zero-order valence-corrected chi connectivity index (χ0v) is 23.3. The number of carbonyl (C=O) groups excluding carboxylic acids is 2. The Morgan fingerprint density at radius 1 is 1.14 bits per heavy atom. The van der Waals surface area contributed by atoms with Gasteiger partial charge in [0.2, 0.25) is 5.91 Å². The highest BCUT2D eigenvalue weighted by atomic mass is 32.2. The van der Waals surface area contributed by atoms with Gasteiger partial charge >= 0.3 is 6.09 Å². The van der Waals surface area contributed by atoms with E-state index in [0.29, 0.717) is 29.1 Å². The lowest BCUT2D eigenvalue weighted by Crippen LogP contribution is -2.54. The maximum absolute atomic E-state index is 13.3. The van der Waals surface area contributed by atoms with Gasteiger partial charge in [-0.2, -0.15) is 0 Å². The predicted octanol–water partition coefficient (Wildman–Crippen LogP) is 4.46. The van der Waals surface area contributed by atoms with Crippen molar-refractivity contribution >= 4 is 41.0 Å².